The highest BCUT2D eigenvalue weighted by molar-refractivity contribution is 7.89. The van der Waals surface area contributed by atoms with Crippen LogP contribution >= 0.6 is 0 Å². The van der Waals surface area contributed by atoms with Gasteiger partial charge < -0.3 is 10.2 Å². The number of amides is 2. The smallest absolute Gasteiger partial charge is 0.317 e. The van der Waals surface area contributed by atoms with E-state index in [0.29, 0.717) is 26.2 Å². The summed E-state index contributed by atoms with van der Waals surface area (Å²) in [5.74, 6) is 0.263. The normalized spacial score (nSPS) is 30.4. The molecule has 0 bridgehead atoms. The minimum Gasteiger partial charge on any atom is -0.336 e. The Morgan fingerprint density at radius 3 is 2.70 bits per heavy atom. The van der Waals surface area contributed by atoms with Crippen LogP contribution in [0.4, 0.5) is 4.79 Å². The first kappa shape index (κ1) is 14.1. The highest BCUT2D eigenvalue weighted by Gasteiger charge is 2.44. The zero-order chi connectivity index (χ0) is 14.4. The number of carbonyl (C=O) groups excluding carboxylic acids is 1. The van der Waals surface area contributed by atoms with E-state index in [2.05, 4.69) is 5.32 Å². The summed E-state index contributed by atoms with van der Waals surface area (Å²) in [6.07, 6.45) is 3.76. The molecule has 2 aliphatic heterocycles. The van der Waals surface area contributed by atoms with E-state index in [4.69, 9.17) is 0 Å². The van der Waals surface area contributed by atoms with Crippen LogP contribution in [-0.4, -0.2) is 61.6 Å². The summed E-state index contributed by atoms with van der Waals surface area (Å²) in [4.78, 5) is 13.5. The molecule has 1 aliphatic carbocycles. The molecule has 1 unspecified atom stereocenters. The van der Waals surface area contributed by atoms with E-state index in [1.165, 1.54) is 0 Å². The van der Waals surface area contributed by atoms with Gasteiger partial charge in [-0.25, -0.2) is 13.2 Å². The van der Waals surface area contributed by atoms with Crippen LogP contribution in [0.3, 0.4) is 0 Å². The van der Waals surface area contributed by atoms with Gasteiger partial charge in [-0.05, 0) is 31.1 Å². The van der Waals surface area contributed by atoms with Gasteiger partial charge in [0.05, 0.1) is 5.75 Å². The number of nitrogens with zero attached hydrogens (tertiary/aromatic N) is 2. The first-order valence-corrected chi connectivity index (χ1v) is 9.03. The summed E-state index contributed by atoms with van der Waals surface area (Å²) < 4.78 is 26.6. The topological polar surface area (TPSA) is 69.7 Å². The van der Waals surface area contributed by atoms with E-state index in [1.807, 2.05) is 6.92 Å². The molecule has 20 heavy (non-hydrogen) atoms. The van der Waals surface area contributed by atoms with Crippen molar-refractivity contribution in [3.8, 4) is 0 Å². The van der Waals surface area contributed by atoms with Gasteiger partial charge in [0.2, 0.25) is 10.0 Å². The zero-order valence-corrected chi connectivity index (χ0v) is 12.8. The first-order valence-electron chi connectivity index (χ1n) is 7.42. The molecule has 3 rings (SSSR count). The van der Waals surface area contributed by atoms with Crippen LogP contribution in [-0.2, 0) is 10.0 Å². The predicted molar refractivity (Wildman–Crippen MR) is 75.8 cm³/mol. The molecular formula is C13H23N3O3S. The van der Waals surface area contributed by atoms with Gasteiger partial charge >= 0.3 is 6.03 Å². The van der Waals surface area contributed by atoms with Gasteiger partial charge in [-0.2, -0.15) is 4.31 Å². The fraction of sp³-hybridized carbons (Fsp3) is 0.923. The minimum atomic E-state index is -3.18. The van der Waals surface area contributed by atoms with E-state index < -0.39 is 10.0 Å². The third-order valence-corrected chi connectivity index (χ3v) is 6.90. The molecule has 1 N–H and O–H groups in total. The Morgan fingerprint density at radius 1 is 1.35 bits per heavy atom. The van der Waals surface area contributed by atoms with Crippen molar-refractivity contribution in [1.29, 1.82) is 0 Å². The fourth-order valence-corrected chi connectivity index (χ4v) is 5.31. The number of hydrogen-bond donors (Lipinski definition) is 1. The molecule has 3 aliphatic rings. The number of rotatable bonds is 4. The molecule has 1 atom stereocenters. The molecule has 2 heterocycles. The fourth-order valence-electron chi connectivity index (χ4n) is 3.15. The molecule has 2 saturated heterocycles. The third-order valence-electron chi connectivity index (χ3n) is 4.72. The van der Waals surface area contributed by atoms with Crippen molar-refractivity contribution in [2.45, 2.75) is 38.6 Å². The summed E-state index contributed by atoms with van der Waals surface area (Å²) >= 11 is 0. The summed E-state index contributed by atoms with van der Waals surface area (Å²) in [6, 6.07) is -0.0172. The average Bonchev–Trinajstić information content (AvgIpc) is 2.95. The third kappa shape index (κ3) is 2.79. The highest BCUT2D eigenvalue weighted by atomic mass is 32.2. The van der Waals surface area contributed by atoms with Crippen LogP contribution in [0.1, 0.15) is 32.6 Å². The first-order chi connectivity index (χ1) is 9.40. The van der Waals surface area contributed by atoms with E-state index in [-0.39, 0.29) is 23.2 Å². The molecule has 3 fully saturated rings. The molecule has 7 heteroatoms. The SMILES string of the molecule is CC1(CS(=O)(=O)N2CCCC(N3CCNC3=O)C2)CC1. The number of hydrogen-bond acceptors (Lipinski definition) is 3. The number of nitrogens with one attached hydrogen (secondary N) is 1. The van der Waals surface area contributed by atoms with Crippen molar-refractivity contribution in [2.24, 2.45) is 5.41 Å². The molecule has 114 valence electrons. The second-order valence-electron chi connectivity index (χ2n) is 6.65. The van der Waals surface area contributed by atoms with Crippen molar-refractivity contribution >= 4 is 16.1 Å². The van der Waals surface area contributed by atoms with Crippen molar-refractivity contribution in [3.05, 3.63) is 0 Å². The molecule has 0 radical (unpaired) electrons. The maximum atomic E-state index is 12.5. The molecule has 0 aromatic carbocycles. The monoisotopic (exact) mass is 301 g/mol. The van der Waals surface area contributed by atoms with Crippen LogP contribution < -0.4 is 5.32 Å². The van der Waals surface area contributed by atoms with Gasteiger partial charge in [-0.3, -0.25) is 0 Å². The van der Waals surface area contributed by atoms with Crippen LogP contribution in [0, 0.1) is 5.41 Å². The van der Waals surface area contributed by atoms with Crippen LogP contribution in [0.5, 0.6) is 0 Å². The number of carbonyl (C=O) groups is 1. The lowest BCUT2D eigenvalue weighted by molar-refractivity contribution is 0.163. The van der Waals surface area contributed by atoms with E-state index in [1.54, 1.807) is 9.21 Å². The average molecular weight is 301 g/mol. The summed E-state index contributed by atoms with van der Waals surface area (Å²) in [6.45, 7) is 4.46. The predicted octanol–water partition coefficient (Wildman–Crippen LogP) is 0.606. The second-order valence-corrected chi connectivity index (χ2v) is 8.62. The maximum Gasteiger partial charge on any atom is 0.317 e. The maximum absolute atomic E-state index is 12.5. The Balaban J connectivity index is 1.66. The van der Waals surface area contributed by atoms with Crippen LogP contribution in [0.25, 0.3) is 0 Å². The van der Waals surface area contributed by atoms with Gasteiger partial charge in [-0.15, -0.1) is 0 Å². The van der Waals surface area contributed by atoms with Gasteiger partial charge in [0.15, 0.2) is 0 Å². The lowest BCUT2D eigenvalue weighted by Crippen LogP contribution is -2.51. The minimum absolute atomic E-state index is 0.00318. The van der Waals surface area contributed by atoms with Crippen LogP contribution in [0.2, 0.25) is 0 Å². The Morgan fingerprint density at radius 2 is 2.10 bits per heavy atom. The van der Waals surface area contributed by atoms with Crippen molar-refractivity contribution < 1.29 is 13.2 Å². The molecule has 2 amide bonds. The molecule has 1 saturated carbocycles. The van der Waals surface area contributed by atoms with Crippen molar-refractivity contribution in [3.63, 3.8) is 0 Å². The standard InChI is InChI=1S/C13H23N3O3S/c1-13(4-5-13)10-20(18,19)15-7-2-3-11(9-15)16-8-6-14-12(16)17/h11H,2-10H2,1H3,(H,14,17). The van der Waals surface area contributed by atoms with Gasteiger partial charge in [0, 0.05) is 32.2 Å². The van der Waals surface area contributed by atoms with Gasteiger partial charge in [-0.1, -0.05) is 6.92 Å². The number of piperidine rings is 1. The Kier molecular flexibility index (Phi) is 3.44. The molecule has 0 spiro atoms. The van der Waals surface area contributed by atoms with Gasteiger partial charge in [0.1, 0.15) is 0 Å². The Labute approximate surface area is 120 Å². The Hall–Kier alpha value is -0.820. The summed E-state index contributed by atoms with van der Waals surface area (Å²) in [5, 5.41) is 2.79. The molecule has 6 nitrogen and oxygen atoms in total. The second kappa shape index (κ2) is 4.87. The lowest BCUT2D eigenvalue weighted by Gasteiger charge is -2.36. The largest absolute Gasteiger partial charge is 0.336 e. The van der Waals surface area contributed by atoms with E-state index in [9.17, 15) is 13.2 Å². The van der Waals surface area contributed by atoms with E-state index in [0.717, 1.165) is 25.7 Å². The zero-order valence-electron chi connectivity index (χ0n) is 12.0. The summed E-state index contributed by atoms with van der Waals surface area (Å²) in [5.41, 5.74) is -0.00318. The van der Waals surface area contributed by atoms with E-state index >= 15 is 0 Å². The van der Waals surface area contributed by atoms with Gasteiger partial charge in [0.25, 0.3) is 0 Å². The summed E-state index contributed by atoms with van der Waals surface area (Å²) in [7, 11) is -3.18. The van der Waals surface area contributed by atoms with Crippen molar-refractivity contribution in [1.82, 2.24) is 14.5 Å². The Bertz CT molecular complexity index is 501. The van der Waals surface area contributed by atoms with Crippen molar-refractivity contribution in [2.75, 3.05) is 31.9 Å². The highest BCUT2D eigenvalue weighted by Crippen LogP contribution is 2.46. The molecule has 0 aromatic heterocycles. The molecular weight excluding hydrogens is 278 g/mol. The number of sulfonamides is 1. The number of urea groups is 1. The quantitative estimate of drug-likeness (QED) is 0.827. The molecule has 0 aromatic rings. The van der Waals surface area contributed by atoms with Crippen LogP contribution in [0.15, 0.2) is 0 Å². The lowest BCUT2D eigenvalue weighted by atomic mass is 10.1.